The molecule has 3 aromatic carbocycles. The van der Waals surface area contributed by atoms with Crippen LogP contribution in [0.25, 0.3) is 49.7 Å². The summed E-state index contributed by atoms with van der Waals surface area (Å²) >= 11 is 0. The molecule has 514 valence electrons. The monoisotopic (exact) mass is 1320 g/mol. The van der Waals surface area contributed by atoms with E-state index in [0.717, 1.165) is 50.9 Å². The van der Waals surface area contributed by atoms with Gasteiger partial charge in [-0.25, -0.2) is 9.59 Å². The molecule has 9 rings (SSSR count). The van der Waals surface area contributed by atoms with E-state index in [1.165, 1.54) is 14.0 Å². The van der Waals surface area contributed by atoms with Crippen LogP contribution in [0.1, 0.15) is 164 Å². The van der Waals surface area contributed by atoms with Crippen LogP contribution >= 0.6 is 0 Å². The highest BCUT2D eigenvalue weighted by Gasteiger charge is 2.50. The van der Waals surface area contributed by atoms with Crippen molar-refractivity contribution in [3.8, 4) is 22.9 Å². The van der Waals surface area contributed by atoms with Gasteiger partial charge in [0.15, 0.2) is 5.78 Å². The molecule has 2 fully saturated rings. The molecule has 1 aliphatic carbocycles. The van der Waals surface area contributed by atoms with Crippen LogP contribution in [0.3, 0.4) is 0 Å². The Morgan fingerprint density at radius 1 is 0.804 bits per heavy atom. The molecule has 1 saturated carbocycles. The third-order valence-electron chi connectivity index (χ3n) is 20.7. The molecular weight excluding hydrogens is 1230 g/mol. The highest BCUT2D eigenvalue weighted by molar-refractivity contribution is 6.39. The summed E-state index contributed by atoms with van der Waals surface area (Å²) in [5.74, 6) is -7.01. The molecule has 19 heteroatoms. The molecule has 3 aliphatic rings. The Bertz CT molecular complexity index is 4110. The topological polar surface area (TPSA) is 274 Å². The number of benzene rings is 3. The van der Waals surface area contributed by atoms with Crippen LogP contribution in [0.2, 0.25) is 0 Å². The van der Waals surface area contributed by atoms with Crippen molar-refractivity contribution < 1.29 is 48.8 Å². The van der Waals surface area contributed by atoms with Gasteiger partial charge in [-0.3, -0.25) is 38.3 Å². The number of pyridine rings is 2. The number of carbonyl (C=O) groups is 5. The molecule has 0 radical (unpaired) electrons. The number of para-hydroxylation sites is 1. The maximum Gasteiger partial charge on any atom is 0.334 e. The van der Waals surface area contributed by atoms with Crippen molar-refractivity contribution in [3.63, 3.8) is 0 Å². The third kappa shape index (κ3) is 16.4. The predicted molar refractivity (Wildman–Crippen MR) is 375 cm³/mol. The molecule has 1 unspecified atom stereocenters. The molecule has 3 N–H and O–H groups in total. The number of cyclic esters (lactones) is 1. The number of allylic oxidation sites excluding steroid dienone is 7. The van der Waals surface area contributed by atoms with Crippen molar-refractivity contribution >= 4 is 62.1 Å². The molecule has 1 amide bonds. The van der Waals surface area contributed by atoms with Gasteiger partial charge in [0.05, 0.1) is 57.6 Å². The van der Waals surface area contributed by atoms with Crippen molar-refractivity contribution in [1.29, 1.82) is 5.26 Å². The summed E-state index contributed by atoms with van der Waals surface area (Å²) in [4.78, 5) is 112. The predicted octanol–water partition coefficient (Wildman–Crippen LogP) is 13.2. The van der Waals surface area contributed by atoms with Crippen molar-refractivity contribution in [2.45, 2.75) is 200 Å². The second-order valence-electron chi connectivity index (χ2n) is 28.3. The number of aliphatic hydroxyl groups is 3. The van der Waals surface area contributed by atoms with Gasteiger partial charge in [-0.05, 0) is 174 Å². The first-order valence-electron chi connectivity index (χ1n) is 34.5. The zero-order chi connectivity index (χ0) is 70.0. The fraction of sp³-hybridized carbons (Fsp3) is 0.500. The number of aliphatic hydroxyl groups excluding tert-OH is 2. The SMILES string of the molecule is CO[C@H]1C(=O)[C@H](C)C[C@H](C)/C=C/C=C/C=C(/C)[C@@H](n2c(=O)n(-c3ccc(C(C)(C)C#N)cc3)c3c4cc(-c5cnc6ccccc6c5)ccc4ncc32)CCCC[C@@H](C)[C@@](O)(N=O)C(=O)C(=O)N2CCCC[C@H]2C(=O)O[C@H](C(C)C[C@H]2CC[C@@H](O)CC2)CC(=O)[C@H](C)/C=C(\C)[C@H]1O. The molecular formula is C78H95N7O12. The number of nitroso groups, excluding NO2 is 1. The van der Waals surface area contributed by atoms with Crippen LogP contribution < -0.4 is 5.69 Å². The lowest BCUT2D eigenvalue weighted by atomic mass is 9.79. The van der Waals surface area contributed by atoms with Crippen LogP contribution in [0.15, 0.2) is 143 Å². The van der Waals surface area contributed by atoms with Gasteiger partial charge < -0.3 is 29.7 Å². The van der Waals surface area contributed by atoms with Crippen LogP contribution in [-0.4, -0.2) is 118 Å². The number of esters is 1. The highest BCUT2D eigenvalue weighted by atomic mass is 16.5. The van der Waals surface area contributed by atoms with Crippen molar-refractivity contribution in [2.24, 2.45) is 40.7 Å². The number of Topliss-reactive ketones (excluding diaryl/α,β-unsaturated/α-hetero) is 3. The Balaban J connectivity index is 1.10. The van der Waals surface area contributed by atoms with E-state index in [0.29, 0.717) is 91.0 Å². The number of aromatic nitrogens is 4. The molecule has 0 spiro atoms. The van der Waals surface area contributed by atoms with Crippen molar-refractivity contribution in [1.82, 2.24) is 24.0 Å². The number of piperidine rings is 1. The second kappa shape index (κ2) is 31.9. The largest absolute Gasteiger partial charge is 0.460 e. The Morgan fingerprint density at radius 2 is 1.49 bits per heavy atom. The van der Waals surface area contributed by atoms with Gasteiger partial charge in [0.1, 0.15) is 30.1 Å². The van der Waals surface area contributed by atoms with Crippen molar-refractivity contribution in [2.75, 3.05) is 13.7 Å². The van der Waals surface area contributed by atoms with Crippen LogP contribution in [0.5, 0.6) is 0 Å². The lowest BCUT2D eigenvalue weighted by Gasteiger charge is -2.37. The molecule has 5 heterocycles. The van der Waals surface area contributed by atoms with E-state index in [-0.39, 0.29) is 60.8 Å². The third-order valence-corrected chi connectivity index (χ3v) is 20.7. The standard InChI is InChI=1S/C78H95N7O12/c1-47-20-12-11-13-21-48(2)64(85-66-45-81-63-36-29-55(57-41-56-23-15-16-24-62(56)80-44-57)42-61(63)69(66)84(76(85)93)59-32-30-58(31-33-59)77(8,9)46-79)25-17-14-22-53(7)78(94,82-95)73(90)74(91)83-37-19-18-26-65(83)75(92)97-68(50(4)40-54-27-34-60(86)35-28-54)43-67(87)49(3)39-52(6)71(89)72(96-10)70(88)51(5)38-47/h11-13,15-16,20-21,23-24,29-33,36,39,41-42,44-45,47,49-51,53-54,60,64-65,68,71-72,86,89,94H,14,17-19,22,25-28,34-35,37-38,40,43H2,1-10H3/b13-11+,20-12+,48-21-,52-39+/t47-,49-,50?,51-,53-,54-,60+,64+,65+,68+,71-,72+,78+/m1/s1. The molecule has 19 nitrogen and oxygen atoms in total. The average Bonchev–Trinajstić information content (AvgIpc) is 1.59. The molecule has 6 aromatic rings. The minimum absolute atomic E-state index is 0.0434. The van der Waals surface area contributed by atoms with E-state index in [2.05, 4.69) is 17.3 Å². The molecule has 97 heavy (non-hydrogen) atoms. The Kier molecular flexibility index (Phi) is 23.9. The number of hydrogen-bond donors (Lipinski definition) is 3. The number of ketones is 3. The lowest BCUT2D eigenvalue weighted by molar-refractivity contribution is -0.169. The number of ether oxygens (including phenoxy) is 2. The van der Waals surface area contributed by atoms with E-state index in [4.69, 9.17) is 19.4 Å². The maximum absolute atomic E-state index is 15.8. The van der Waals surface area contributed by atoms with E-state index in [1.54, 1.807) is 42.2 Å². The Labute approximate surface area is 568 Å². The first kappa shape index (κ1) is 72.8. The van der Waals surface area contributed by atoms with E-state index >= 15 is 4.79 Å². The van der Waals surface area contributed by atoms with Gasteiger partial charge in [0, 0.05) is 60.4 Å². The number of nitriles is 1. The number of imidazole rings is 1. The summed E-state index contributed by atoms with van der Waals surface area (Å²) in [5, 5.41) is 48.8. The first-order valence-corrected chi connectivity index (χ1v) is 34.5. The van der Waals surface area contributed by atoms with Gasteiger partial charge >= 0.3 is 11.7 Å². The summed E-state index contributed by atoms with van der Waals surface area (Å²) < 4.78 is 15.4. The number of hydrogen-bond acceptors (Lipinski definition) is 16. The second-order valence-corrected chi connectivity index (χ2v) is 28.3. The van der Waals surface area contributed by atoms with Crippen LogP contribution in [-0.2, 0) is 38.9 Å². The van der Waals surface area contributed by atoms with Crippen LogP contribution in [0, 0.1) is 51.7 Å². The maximum atomic E-state index is 15.8. The van der Waals surface area contributed by atoms with Gasteiger partial charge in [-0.2, -0.15) is 5.26 Å². The number of amides is 1. The average molecular weight is 1320 g/mol. The zero-order valence-corrected chi connectivity index (χ0v) is 57.7. The molecule has 2 aliphatic heterocycles. The molecule has 1 saturated heterocycles. The summed E-state index contributed by atoms with van der Waals surface area (Å²) in [6, 6.07) is 23.7. The van der Waals surface area contributed by atoms with E-state index < -0.39 is 83.1 Å². The highest BCUT2D eigenvalue weighted by Crippen LogP contribution is 2.38. The Hall–Kier alpha value is -8.41. The summed E-state index contributed by atoms with van der Waals surface area (Å²) in [5.41, 5.74) is 2.54. The summed E-state index contributed by atoms with van der Waals surface area (Å²) in [6.45, 7) is 16.0. The number of nitrogens with zero attached hydrogens (tertiary/aromatic N) is 7. The number of fused-ring (bicyclic) bond motifs is 5. The summed E-state index contributed by atoms with van der Waals surface area (Å²) in [7, 11) is 1.36. The van der Waals surface area contributed by atoms with E-state index in [1.807, 2.05) is 138 Å². The van der Waals surface area contributed by atoms with Gasteiger partial charge in [-0.1, -0.05) is 126 Å². The molecule has 3 aromatic heterocycles. The number of rotatable bonds is 9. The lowest BCUT2D eigenvalue weighted by Crippen LogP contribution is -2.57. The number of carbonyl (C=O) groups excluding carboxylic acids is 5. The zero-order valence-electron chi connectivity index (χ0n) is 57.7. The van der Waals surface area contributed by atoms with Crippen LogP contribution in [0.4, 0.5) is 0 Å². The minimum Gasteiger partial charge on any atom is -0.460 e. The van der Waals surface area contributed by atoms with Crippen molar-refractivity contribution in [3.05, 3.63) is 154 Å². The fourth-order valence-corrected chi connectivity index (χ4v) is 14.5. The minimum atomic E-state index is -3.02. The van der Waals surface area contributed by atoms with E-state index in [9.17, 15) is 49.5 Å². The summed E-state index contributed by atoms with van der Waals surface area (Å²) in [6.07, 6.45) is 16.2. The molecule has 11 atom stereocenters. The Morgan fingerprint density at radius 3 is 2.21 bits per heavy atom. The normalized spacial score (nSPS) is 29.3. The quantitative estimate of drug-likeness (QED) is 0.0525. The van der Waals surface area contributed by atoms with Gasteiger partial charge in [0.2, 0.25) is 0 Å². The smallest absolute Gasteiger partial charge is 0.334 e. The fourth-order valence-electron chi connectivity index (χ4n) is 14.5. The first-order chi connectivity index (χ1) is 46.3. The van der Waals surface area contributed by atoms with Gasteiger partial charge in [0.25, 0.3) is 17.4 Å². The number of methoxy groups -OCH3 is 1. The van der Waals surface area contributed by atoms with Gasteiger partial charge in [-0.15, -0.1) is 4.91 Å². The molecule has 0 bridgehead atoms.